The number of aromatic amines is 1. The number of allylic oxidation sites excluding steroid dienone is 1. The average molecular weight is 803 g/mol. The minimum absolute atomic E-state index is 0.0139. The number of carbonyl (C=O) groups is 4. The fraction of sp³-hybridized carbons (Fsp3) is 0.459. The number of fused-ring (bicyclic) bond motifs is 2. The van der Waals surface area contributed by atoms with Crippen molar-refractivity contribution in [2.24, 2.45) is 5.92 Å². The maximum atomic E-state index is 14.7. The second-order valence-corrected chi connectivity index (χ2v) is 17.5. The second-order valence-electron chi connectivity index (χ2n) is 14.7. The number of hydrogen-bond donors (Lipinski definition) is 4. The third-order valence-electron chi connectivity index (χ3n) is 10.9. The van der Waals surface area contributed by atoms with E-state index in [1.54, 1.807) is 13.3 Å². The number of hydrogen-bond acceptors (Lipinski definition) is 12. The molecule has 4 N–H and O–H groups in total. The predicted octanol–water partition coefficient (Wildman–Crippen LogP) is 2.74. The van der Waals surface area contributed by atoms with E-state index >= 15 is 0 Å². The maximum Gasteiger partial charge on any atom is 0.269 e. The highest BCUT2D eigenvalue weighted by atomic mass is 32.2. The van der Waals surface area contributed by atoms with Gasteiger partial charge in [0.25, 0.3) is 11.8 Å². The minimum Gasteiger partial charge on any atom is -0.497 e. The van der Waals surface area contributed by atoms with Crippen molar-refractivity contribution in [2.45, 2.75) is 86.7 Å². The van der Waals surface area contributed by atoms with E-state index < -0.39 is 68.5 Å². The molecular weight excluding hydrogens is 761 g/mol. The molecule has 0 radical (unpaired) electrons. The van der Waals surface area contributed by atoms with Gasteiger partial charge in [0.2, 0.25) is 21.8 Å². The van der Waals surface area contributed by atoms with Gasteiger partial charge in [-0.15, -0.1) is 16.4 Å². The number of ether oxygens (including phenoxy) is 1. The van der Waals surface area contributed by atoms with Crippen LogP contribution >= 0.6 is 11.3 Å². The van der Waals surface area contributed by atoms with Crippen molar-refractivity contribution >= 4 is 45.0 Å². The van der Waals surface area contributed by atoms with Crippen LogP contribution < -0.4 is 20.1 Å². The standard InChI is InChI=1S/C37H42N10O7S2/c1-54-25-11-9-22(10-12-25)30-31(34-38-17-18-55-34)44-47(43-30)24-19-29-33(49)41-37(36(51)45-56(52,53)26-13-14-26)20-23(37)7-5-3-2-4-6-8-28(35(50)46(29)21-24)40-32(48)27-15-16-39-42-27/h5,7,9-12,15-18,23-24,26,28-29H,2-4,6,8,13-14,19-21H2,1H3,(H,39,42)(H,40,48)(H,41,49)(H,45,51)/b7-5+/t23-,24-,28-,29+,37-/m1/s1. The first-order valence-corrected chi connectivity index (χ1v) is 21.2. The zero-order valence-electron chi connectivity index (χ0n) is 30.6. The van der Waals surface area contributed by atoms with Crippen molar-refractivity contribution in [1.29, 1.82) is 0 Å². The molecule has 0 unspecified atom stereocenters. The summed E-state index contributed by atoms with van der Waals surface area (Å²) < 4.78 is 33.4. The predicted molar refractivity (Wildman–Crippen MR) is 203 cm³/mol. The SMILES string of the molecule is COc1ccc(-c2nn([C@@H]3C[C@H]4C(=O)N[C@]5(C(=O)NS(=O)(=O)C6CC6)C[C@H]5/C=C/CCCCC[C@@H](NC(=O)c5ccn[nH]5)C(=O)N4C3)nc2-c2nccs2)cc1. The van der Waals surface area contributed by atoms with E-state index in [1.165, 1.54) is 33.3 Å². The molecule has 4 aromatic rings. The Balaban J connectivity index is 1.14. The average Bonchev–Trinajstić information content (AvgIpc) is 3.74. The van der Waals surface area contributed by atoms with Crippen molar-refractivity contribution in [3.8, 4) is 27.7 Å². The van der Waals surface area contributed by atoms with Gasteiger partial charge in [0.15, 0.2) is 0 Å². The van der Waals surface area contributed by atoms with E-state index in [1.807, 2.05) is 41.8 Å². The number of rotatable bonds is 9. The Kier molecular flexibility index (Phi) is 10.2. The largest absolute Gasteiger partial charge is 0.497 e. The molecule has 0 spiro atoms. The number of nitrogens with zero attached hydrogens (tertiary/aromatic N) is 6. The molecule has 56 heavy (non-hydrogen) atoms. The highest BCUT2D eigenvalue weighted by Gasteiger charge is 2.62. The quantitative estimate of drug-likeness (QED) is 0.180. The van der Waals surface area contributed by atoms with Gasteiger partial charge in [-0.1, -0.05) is 25.0 Å². The van der Waals surface area contributed by atoms with Gasteiger partial charge in [-0.2, -0.15) is 15.0 Å². The molecule has 3 fully saturated rings. The summed E-state index contributed by atoms with van der Waals surface area (Å²) >= 11 is 1.40. The van der Waals surface area contributed by atoms with Crippen molar-refractivity contribution in [1.82, 2.24) is 50.4 Å². The molecule has 1 aromatic carbocycles. The fourth-order valence-corrected chi connectivity index (χ4v) is 9.46. The van der Waals surface area contributed by atoms with Gasteiger partial charge in [-0.25, -0.2) is 13.4 Å². The normalized spacial score (nSPS) is 26.2. The Morgan fingerprint density at radius 1 is 1.02 bits per heavy atom. The Morgan fingerprint density at radius 2 is 1.82 bits per heavy atom. The summed E-state index contributed by atoms with van der Waals surface area (Å²) in [5.74, 6) is -2.17. The molecule has 5 atom stereocenters. The Morgan fingerprint density at radius 3 is 2.54 bits per heavy atom. The highest BCUT2D eigenvalue weighted by molar-refractivity contribution is 7.91. The molecule has 2 aliphatic heterocycles. The number of thiazole rings is 1. The first-order valence-electron chi connectivity index (χ1n) is 18.7. The molecule has 19 heteroatoms. The van der Waals surface area contributed by atoms with E-state index in [-0.39, 0.29) is 25.1 Å². The van der Waals surface area contributed by atoms with Crippen molar-refractivity contribution in [2.75, 3.05) is 13.7 Å². The van der Waals surface area contributed by atoms with E-state index in [0.717, 1.165) is 18.4 Å². The van der Waals surface area contributed by atoms with Gasteiger partial charge in [-0.05, 0) is 68.9 Å². The van der Waals surface area contributed by atoms with E-state index in [0.29, 0.717) is 54.2 Å². The van der Waals surface area contributed by atoms with Crippen LogP contribution in [0.4, 0.5) is 0 Å². The molecule has 2 saturated carbocycles. The number of carbonyl (C=O) groups excluding carboxylic acids is 4. The first-order chi connectivity index (χ1) is 27.1. The monoisotopic (exact) mass is 802 g/mol. The number of benzene rings is 1. The smallest absolute Gasteiger partial charge is 0.269 e. The van der Waals surface area contributed by atoms with Gasteiger partial charge in [0.05, 0.1) is 18.4 Å². The third-order valence-corrected chi connectivity index (χ3v) is 13.5. The zero-order chi connectivity index (χ0) is 39.0. The molecule has 0 bridgehead atoms. The first kappa shape index (κ1) is 37.5. The van der Waals surface area contributed by atoms with Crippen LogP contribution in [0.1, 0.15) is 74.3 Å². The second kappa shape index (κ2) is 15.2. The molecule has 8 rings (SSSR count). The third kappa shape index (κ3) is 7.56. The number of sulfonamides is 1. The summed E-state index contributed by atoms with van der Waals surface area (Å²) in [6.45, 7) is 0.0139. The van der Waals surface area contributed by atoms with E-state index in [2.05, 4.69) is 30.5 Å². The molecular formula is C37H42N10O7S2. The Hall–Kier alpha value is -5.43. The lowest BCUT2D eigenvalue weighted by Gasteiger charge is -2.30. The molecule has 17 nitrogen and oxygen atoms in total. The molecule has 2 aliphatic carbocycles. The summed E-state index contributed by atoms with van der Waals surface area (Å²) in [6, 6.07) is 6.16. The summed E-state index contributed by atoms with van der Waals surface area (Å²) in [6.07, 6.45) is 11.3. The Bertz CT molecular complexity index is 2240. The van der Waals surface area contributed by atoms with Crippen molar-refractivity contribution < 1.29 is 32.3 Å². The molecule has 1 saturated heterocycles. The number of methoxy groups -OCH3 is 1. The summed E-state index contributed by atoms with van der Waals surface area (Å²) in [4.78, 5) is 63.7. The van der Waals surface area contributed by atoms with Crippen molar-refractivity contribution in [3.05, 3.63) is 66.0 Å². The van der Waals surface area contributed by atoms with Gasteiger partial charge >= 0.3 is 0 Å². The Labute approximate surface area is 326 Å². The van der Waals surface area contributed by atoms with Crippen LogP contribution in [0.25, 0.3) is 22.0 Å². The minimum atomic E-state index is -3.90. The molecule has 294 valence electrons. The molecule has 4 amide bonds. The lowest BCUT2D eigenvalue weighted by Crippen LogP contribution is -2.58. The van der Waals surface area contributed by atoms with E-state index in [4.69, 9.17) is 14.9 Å². The van der Waals surface area contributed by atoms with Gasteiger partial charge in [0, 0.05) is 42.2 Å². The van der Waals surface area contributed by atoms with Crippen LogP contribution in [0.3, 0.4) is 0 Å². The number of H-pyrrole nitrogens is 1. The summed E-state index contributed by atoms with van der Waals surface area (Å²) in [5, 5.41) is 23.9. The fourth-order valence-electron chi connectivity index (χ4n) is 7.48. The van der Waals surface area contributed by atoms with Gasteiger partial charge in [-0.3, -0.25) is 29.0 Å². The molecule has 3 aromatic heterocycles. The van der Waals surface area contributed by atoms with Crippen LogP contribution in [0.15, 0.2) is 60.3 Å². The lowest BCUT2D eigenvalue weighted by molar-refractivity contribution is -0.141. The maximum absolute atomic E-state index is 14.7. The summed E-state index contributed by atoms with van der Waals surface area (Å²) in [7, 11) is -2.32. The molecule has 4 aliphatic rings. The van der Waals surface area contributed by atoms with Crippen molar-refractivity contribution in [3.63, 3.8) is 0 Å². The molecule has 5 heterocycles. The van der Waals surface area contributed by atoms with Crippen LogP contribution in [-0.2, 0) is 24.4 Å². The lowest BCUT2D eigenvalue weighted by atomic mass is 10.0. The summed E-state index contributed by atoms with van der Waals surface area (Å²) in [5.41, 5.74) is 0.498. The number of amides is 4. The van der Waals surface area contributed by atoms with E-state index in [9.17, 15) is 27.6 Å². The number of aromatic nitrogens is 6. The van der Waals surface area contributed by atoms with Crippen LogP contribution in [0.5, 0.6) is 5.75 Å². The van der Waals surface area contributed by atoms with Crippen LogP contribution in [-0.4, -0.2) is 104 Å². The number of nitrogens with one attached hydrogen (secondary N) is 4. The highest BCUT2D eigenvalue weighted by Crippen LogP contribution is 2.46. The topological polar surface area (TPSA) is 223 Å². The van der Waals surface area contributed by atoms with Crippen LogP contribution in [0.2, 0.25) is 0 Å². The van der Waals surface area contributed by atoms with Crippen LogP contribution in [0, 0.1) is 5.92 Å². The van der Waals surface area contributed by atoms with Gasteiger partial charge < -0.3 is 20.3 Å². The van der Waals surface area contributed by atoms with Gasteiger partial charge in [0.1, 0.15) is 45.5 Å². The zero-order valence-corrected chi connectivity index (χ0v) is 32.2.